The minimum absolute atomic E-state index is 0.0807. The second-order valence-electron chi connectivity index (χ2n) is 11.7. The third-order valence-corrected chi connectivity index (χ3v) is 6.83. The van der Waals surface area contributed by atoms with Gasteiger partial charge in [0.1, 0.15) is 0 Å². The molecule has 0 aromatic heterocycles. The average molecular weight is 457 g/mol. The second kappa shape index (κ2) is 14.9. The molecule has 1 rings (SSSR count). The normalized spacial score (nSPS) is 16.9. The van der Waals surface area contributed by atoms with E-state index in [0.29, 0.717) is 11.8 Å². The van der Waals surface area contributed by atoms with E-state index in [-0.39, 0.29) is 24.4 Å². The molecule has 6 heteroatoms. The molecule has 2 unspecified atom stereocenters. The van der Waals surface area contributed by atoms with Crippen molar-refractivity contribution >= 4 is 11.9 Å². The van der Waals surface area contributed by atoms with Crippen LogP contribution in [0.2, 0.25) is 0 Å². The molecule has 190 valence electrons. The van der Waals surface area contributed by atoms with Crippen LogP contribution in [0.4, 0.5) is 0 Å². The molecule has 1 fully saturated rings. The molecule has 0 saturated heterocycles. The van der Waals surface area contributed by atoms with Gasteiger partial charge in [-0.1, -0.05) is 67.2 Å². The highest BCUT2D eigenvalue weighted by molar-refractivity contribution is 5.70. The Bertz CT molecular complexity index is 506. The van der Waals surface area contributed by atoms with Crippen LogP contribution in [0.1, 0.15) is 106 Å². The molecule has 0 heterocycles. The van der Waals surface area contributed by atoms with Crippen LogP contribution < -0.4 is 11.5 Å². The molecule has 1 aliphatic carbocycles. The molecular weight excluding hydrogens is 404 g/mol. The van der Waals surface area contributed by atoms with Crippen molar-refractivity contribution in [2.45, 2.75) is 106 Å². The van der Waals surface area contributed by atoms with E-state index >= 15 is 0 Å². The van der Waals surface area contributed by atoms with Crippen molar-refractivity contribution in [1.82, 2.24) is 0 Å². The van der Waals surface area contributed by atoms with E-state index in [4.69, 9.17) is 21.7 Å². The maximum absolute atomic E-state index is 10.9. The number of carbonyl (C=O) groups is 2. The Labute approximate surface area is 196 Å². The fourth-order valence-corrected chi connectivity index (χ4v) is 4.44. The highest BCUT2D eigenvalue weighted by Crippen LogP contribution is 2.54. The van der Waals surface area contributed by atoms with E-state index in [0.717, 1.165) is 24.7 Å². The lowest BCUT2D eigenvalue weighted by Crippen LogP contribution is -2.29. The summed E-state index contributed by atoms with van der Waals surface area (Å²) >= 11 is 0. The first-order chi connectivity index (χ1) is 14.8. The molecule has 0 aliphatic heterocycles. The van der Waals surface area contributed by atoms with E-state index in [9.17, 15) is 9.59 Å². The lowest BCUT2D eigenvalue weighted by atomic mass is 9.78. The number of rotatable bonds is 16. The number of nitrogens with two attached hydrogens (primary N) is 2. The molecular formula is C26H52N2O4. The molecule has 0 spiro atoms. The molecule has 0 amide bonds. The quantitative estimate of drug-likeness (QED) is 0.242. The van der Waals surface area contributed by atoms with Crippen LogP contribution >= 0.6 is 0 Å². The average Bonchev–Trinajstić information content (AvgIpc) is 3.43. The number of hydrogen-bond donors (Lipinski definition) is 4. The van der Waals surface area contributed by atoms with Gasteiger partial charge in [-0.25, -0.2) is 0 Å². The van der Waals surface area contributed by atoms with Crippen molar-refractivity contribution in [2.24, 2.45) is 46.0 Å². The zero-order valence-electron chi connectivity index (χ0n) is 21.7. The van der Waals surface area contributed by atoms with Crippen molar-refractivity contribution in [2.75, 3.05) is 13.1 Å². The van der Waals surface area contributed by atoms with E-state index < -0.39 is 17.9 Å². The Balaban J connectivity index is 0.000000601. The van der Waals surface area contributed by atoms with Crippen LogP contribution in [-0.4, -0.2) is 35.2 Å². The molecule has 6 N–H and O–H groups in total. The van der Waals surface area contributed by atoms with Crippen LogP contribution in [0.3, 0.4) is 0 Å². The highest BCUT2D eigenvalue weighted by atomic mass is 16.4. The molecule has 0 aromatic rings. The lowest BCUT2D eigenvalue weighted by molar-refractivity contribution is -0.143. The monoisotopic (exact) mass is 456 g/mol. The van der Waals surface area contributed by atoms with Crippen molar-refractivity contribution in [3.63, 3.8) is 0 Å². The van der Waals surface area contributed by atoms with Crippen LogP contribution in [0.25, 0.3) is 0 Å². The summed E-state index contributed by atoms with van der Waals surface area (Å²) in [6.45, 7) is 13.7. The summed E-state index contributed by atoms with van der Waals surface area (Å²) < 4.78 is 0. The van der Waals surface area contributed by atoms with Gasteiger partial charge in [-0.15, -0.1) is 0 Å². The summed E-state index contributed by atoms with van der Waals surface area (Å²) in [5.41, 5.74) is 11.4. The summed E-state index contributed by atoms with van der Waals surface area (Å²) in [4.78, 5) is 21.8. The SMILES string of the molecule is CC(C)CCCC(C)(C)CC(CN)C(=O)O.CC(C)CCCC1(CC(CN)C(=O)O)CC1. The zero-order chi connectivity index (χ0) is 24.9. The smallest absolute Gasteiger partial charge is 0.307 e. The van der Waals surface area contributed by atoms with Crippen molar-refractivity contribution in [3.8, 4) is 0 Å². The molecule has 6 nitrogen and oxygen atoms in total. The first-order valence-electron chi connectivity index (χ1n) is 12.6. The molecule has 2 atom stereocenters. The predicted octanol–water partition coefficient (Wildman–Crippen LogP) is 5.53. The molecule has 0 aromatic carbocycles. The van der Waals surface area contributed by atoms with E-state index in [2.05, 4.69) is 41.5 Å². The minimum atomic E-state index is -0.764. The van der Waals surface area contributed by atoms with Crippen LogP contribution in [0.15, 0.2) is 0 Å². The second-order valence-corrected chi connectivity index (χ2v) is 11.7. The lowest BCUT2D eigenvalue weighted by Gasteiger charge is -2.27. The van der Waals surface area contributed by atoms with Crippen molar-refractivity contribution in [1.29, 1.82) is 0 Å². The molecule has 1 aliphatic rings. The van der Waals surface area contributed by atoms with Gasteiger partial charge >= 0.3 is 11.9 Å². The van der Waals surface area contributed by atoms with E-state index in [1.165, 1.54) is 44.9 Å². The largest absolute Gasteiger partial charge is 0.481 e. The molecule has 1 saturated carbocycles. The fraction of sp³-hybridized carbons (Fsp3) is 0.923. The van der Waals surface area contributed by atoms with Gasteiger partial charge in [0.15, 0.2) is 0 Å². The standard InChI is InChI=1S/C13H25NO2.C13H27NO2/c1-10(2)4-3-5-13(6-7-13)8-11(9-14)12(15)16;1-10(2)6-5-7-13(3,4)8-11(9-14)12(15)16/h10-11H,3-9,14H2,1-2H3,(H,15,16);10-11H,5-9,14H2,1-4H3,(H,15,16). The summed E-state index contributed by atoms with van der Waals surface area (Å²) in [7, 11) is 0. The first kappa shape index (κ1) is 30.9. The van der Waals surface area contributed by atoms with Crippen LogP contribution in [-0.2, 0) is 9.59 Å². The third-order valence-electron chi connectivity index (χ3n) is 6.83. The summed E-state index contributed by atoms with van der Waals surface area (Å²) in [6.07, 6.45) is 11.0. The Hall–Kier alpha value is -1.14. The molecule has 32 heavy (non-hydrogen) atoms. The number of hydrogen-bond acceptors (Lipinski definition) is 4. The maximum Gasteiger partial charge on any atom is 0.307 e. The maximum atomic E-state index is 10.9. The Kier molecular flexibility index (Phi) is 14.4. The fourth-order valence-electron chi connectivity index (χ4n) is 4.44. The van der Waals surface area contributed by atoms with Crippen LogP contribution in [0.5, 0.6) is 0 Å². The van der Waals surface area contributed by atoms with E-state index in [1.807, 2.05) is 0 Å². The Morgan fingerprint density at radius 3 is 1.72 bits per heavy atom. The van der Waals surface area contributed by atoms with Gasteiger partial charge in [0.25, 0.3) is 0 Å². The predicted molar refractivity (Wildman–Crippen MR) is 132 cm³/mol. The van der Waals surface area contributed by atoms with Gasteiger partial charge in [-0.05, 0) is 61.2 Å². The van der Waals surface area contributed by atoms with Crippen molar-refractivity contribution < 1.29 is 19.8 Å². The summed E-state index contributed by atoms with van der Waals surface area (Å²) in [5, 5.41) is 18.0. The Morgan fingerprint density at radius 1 is 0.875 bits per heavy atom. The minimum Gasteiger partial charge on any atom is -0.481 e. The first-order valence-corrected chi connectivity index (χ1v) is 12.6. The zero-order valence-corrected chi connectivity index (χ0v) is 21.7. The van der Waals surface area contributed by atoms with Crippen LogP contribution in [0, 0.1) is 34.5 Å². The third kappa shape index (κ3) is 14.1. The van der Waals surface area contributed by atoms with Gasteiger partial charge < -0.3 is 21.7 Å². The Morgan fingerprint density at radius 2 is 1.34 bits per heavy atom. The molecule has 0 radical (unpaired) electrons. The van der Waals surface area contributed by atoms with E-state index in [1.54, 1.807) is 0 Å². The highest BCUT2D eigenvalue weighted by Gasteiger charge is 2.44. The summed E-state index contributed by atoms with van der Waals surface area (Å²) in [6, 6.07) is 0. The van der Waals surface area contributed by atoms with Gasteiger partial charge in [0.05, 0.1) is 11.8 Å². The van der Waals surface area contributed by atoms with Gasteiger partial charge in [0.2, 0.25) is 0 Å². The van der Waals surface area contributed by atoms with Gasteiger partial charge in [-0.2, -0.15) is 0 Å². The van der Waals surface area contributed by atoms with Crippen molar-refractivity contribution in [3.05, 3.63) is 0 Å². The number of aliphatic carboxylic acids is 2. The topological polar surface area (TPSA) is 127 Å². The van der Waals surface area contributed by atoms with Gasteiger partial charge in [-0.3, -0.25) is 9.59 Å². The van der Waals surface area contributed by atoms with Gasteiger partial charge in [0, 0.05) is 13.1 Å². The number of carboxylic acids is 2. The summed E-state index contributed by atoms with van der Waals surface area (Å²) in [5.74, 6) is -0.742. The molecule has 0 bridgehead atoms. The number of carboxylic acid groups (broad SMARTS) is 2.